The Kier molecular flexibility index (Phi) is 3.32. The second-order valence-corrected chi connectivity index (χ2v) is 6.02. The molecule has 3 rings (SSSR count). The summed E-state index contributed by atoms with van der Waals surface area (Å²) in [5.74, 6) is 1.94. The molecule has 2 fully saturated rings. The van der Waals surface area contributed by atoms with Gasteiger partial charge in [0.25, 0.3) is 0 Å². The molecule has 1 aliphatic carbocycles. The molecular weight excluding hydrogens is 230 g/mol. The van der Waals surface area contributed by atoms with Crippen LogP contribution in [0.1, 0.15) is 51.3 Å². The minimum Gasteiger partial charge on any atom is -0.344 e. The Morgan fingerprint density at radius 2 is 2.06 bits per heavy atom. The molecule has 0 aromatic carbocycles. The molecule has 17 heavy (non-hydrogen) atoms. The van der Waals surface area contributed by atoms with E-state index in [1.54, 1.807) is 11.5 Å². The average Bonchev–Trinajstić information content (AvgIpc) is 2.87. The largest absolute Gasteiger partial charge is 0.344 e. The van der Waals surface area contributed by atoms with Gasteiger partial charge >= 0.3 is 0 Å². The van der Waals surface area contributed by atoms with E-state index >= 15 is 0 Å². The first-order valence-electron chi connectivity index (χ1n) is 6.97. The van der Waals surface area contributed by atoms with E-state index < -0.39 is 0 Å². The number of aromatic nitrogens is 2. The molecule has 0 spiro atoms. The van der Waals surface area contributed by atoms with Gasteiger partial charge in [-0.1, -0.05) is 19.8 Å². The van der Waals surface area contributed by atoms with E-state index in [2.05, 4.69) is 21.2 Å². The van der Waals surface area contributed by atoms with Crippen molar-refractivity contribution >= 4 is 16.7 Å². The Morgan fingerprint density at radius 1 is 1.24 bits per heavy atom. The predicted octanol–water partition coefficient (Wildman–Crippen LogP) is 3.26. The smallest absolute Gasteiger partial charge is 0.205 e. The molecule has 1 aromatic rings. The van der Waals surface area contributed by atoms with Gasteiger partial charge in [-0.3, -0.25) is 0 Å². The number of hydrogen-bond donors (Lipinski definition) is 0. The summed E-state index contributed by atoms with van der Waals surface area (Å²) in [5.41, 5.74) is 0. The van der Waals surface area contributed by atoms with Crippen LogP contribution >= 0.6 is 11.5 Å². The lowest BCUT2D eigenvalue weighted by Crippen LogP contribution is -2.46. The topological polar surface area (TPSA) is 29.0 Å². The van der Waals surface area contributed by atoms with Gasteiger partial charge in [0, 0.05) is 30.5 Å². The van der Waals surface area contributed by atoms with Crippen LogP contribution in [-0.2, 0) is 6.42 Å². The molecule has 2 aliphatic rings. The minimum absolute atomic E-state index is 0.759. The highest BCUT2D eigenvalue weighted by molar-refractivity contribution is 7.09. The van der Waals surface area contributed by atoms with Crippen LogP contribution in [0, 0.1) is 5.92 Å². The second-order valence-electron chi connectivity index (χ2n) is 5.29. The van der Waals surface area contributed by atoms with Crippen molar-refractivity contribution in [3.8, 4) is 0 Å². The van der Waals surface area contributed by atoms with Crippen LogP contribution < -0.4 is 4.90 Å². The minimum atomic E-state index is 0.759. The van der Waals surface area contributed by atoms with Crippen LogP contribution in [0.5, 0.6) is 0 Å². The third-order valence-electron chi connectivity index (χ3n) is 4.26. The lowest BCUT2D eigenvalue weighted by atomic mass is 9.78. The molecule has 1 saturated heterocycles. The zero-order valence-corrected chi connectivity index (χ0v) is 11.4. The number of hydrogen-bond acceptors (Lipinski definition) is 4. The average molecular weight is 251 g/mol. The quantitative estimate of drug-likeness (QED) is 0.808. The summed E-state index contributed by atoms with van der Waals surface area (Å²) in [6.07, 6.45) is 9.36. The first-order valence-corrected chi connectivity index (χ1v) is 7.75. The molecule has 4 heteroatoms. The van der Waals surface area contributed by atoms with E-state index in [1.165, 1.54) is 50.2 Å². The molecule has 0 N–H and O–H groups in total. The summed E-state index contributed by atoms with van der Waals surface area (Å²) in [5, 5.41) is 1.18. The number of piperidine rings is 1. The third kappa shape index (κ3) is 2.19. The van der Waals surface area contributed by atoms with Crippen molar-refractivity contribution in [1.82, 2.24) is 9.36 Å². The maximum Gasteiger partial charge on any atom is 0.205 e. The molecule has 0 amide bonds. The van der Waals surface area contributed by atoms with Crippen LogP contribution in [0.15, 0.2) is 0 Å². The van der Waals surface area contributed by atoms with Crippen LogP contribution in [-0.4, -0.2) is 21.9 Å². The lowest BCUT2D eigenvalue weighted by molar-refractivity contribution is 0.243. The van der Waals surface area contributed by atoms with Crippen LogP contribution in [0.3, 0.4) is 0 Å². The Labute approximate surface area is 107 Å². The summed E-state index contributed by atoms with van der Waals surface area (Å²) >= 11 is 1.60. The Hall–Kier alpha value is -0.640. The fraction of sp³-hybridized carbons (Fsp3) is 0.846. The highest BCUT2D eigenvalue weighted by atomic mass is 32.1. The fourth-order valence-electron chi connectivity index (χ4n) is 3.37. The van der Waals surface area contributed by atoms with Gasteiger partial charge in [0.05, 0.1) is 0 Å². The molecule has 2 unspecified atom stereocenters. The van der Waals surface area contributed by atoms with Crippen LogP contribution in [0.25, 0.3) is 0 Å². The van der Waals surface area contributed by atoms with Crippen molar-refractivity contribution in [2.45, 2.75) is 57.9 Å². The van der Waals surface area contributed by atoms with Gasteiger partial charge in [0.2, 0.25) is 5.13 Å². The SMILES string of the molecule is CCc1nsc(N2CCCC3CCCCC32)n1. The van der Waals surface area contributed by atoms with Gasteiger partial charge in [0.15, 0.2) is 0 Å². The van der Waals surface area contributed by atoms with E-state index in [0.29, 0.717) is 0 Å². The Bertz CT molecular complexity index is 374. The molecule has 1 aliphatic heterocycles. The number of anilines is 1. The molecule has 0 bridgehead atoms. The molecule has 1 aromatic heterocycles. The Morgan fingerprint density at radius 3 is 2.88 bits per heavy atom. The van der Waals surface area contributed by atoms with Crippen LogP contribution in [0.4, 0.5) is 5.13 Å². The van der Waals surface area contributed by atoms with Gasteiger partial charge in [-0.2, -0.15) is 4.37 Å². The first-order chi connectivity index (χ1) is 8.38. The fourth-order valence-corrected chi connectivity index (χ4v) is 4.20. The van der Waals surface area contributed by atoms with Crippen molar-refractivity contribution in [3.05, 3.63) is 5.82 Å². The van der Waals surface area contributed by atoms with E-state index in [0.717, 1.165) is 24.2 Å². The molecular formula is C13H21N3S. The van der Waals surface area contributed by atoms with Gasteiger partial charge < -0.3 is 4.90 Å². The molecule has 94 valence electrons. The summed E-state index contributed by atoms with van der Waals surface area (Å²) in [6.45, 7) is 3.32. The highest BCUT2D eigenvalue weighted by Crippen LogP contribution is 2.38. The summed E-state index contributed by atoms with van der Waals surface area (Å²) in [6, 6.07) is 0.759. The van der Waals surface area contributed by atoms with Gasteiger partial charge in [-0.05, 0) is 31.6 Å². The number of nitrogens with zero attached hydrogens (tertiary/aromatic N) is 3. The van der Waals surface area contributed by atoms with E-state index in [1.807, 2.05) is 0 Å². The maximum atomic E-state index is 4.68. The van der Waals surface area contributed by atoms with Crippen molar-refractivity contribution in [3.63, 3.8) is 0 Å². The van der Waals surface area contributed by atoms with Crippen molar-refractivity contribution in [1.29, 1.82) is 0 Å². The maximum absolute atomic E-state index is 4.68. The third-order valence-corrected chi connectivity index (χ3v) is 5.05. The molecule has 3 nitrogen and oxygen atoms in total. The zero-order chi connectivity index (χ0) is 11.7. The molecule has 1 saturated carbocycles. The monoisotopic (exact) mass is 251 g/mol. The highest BCUT2D eigenvalue weighted by Gasteiger charge is 2.34. The summed E-state index contributed by atoms with van der Waals surface area (Å²) in [4.78, 5) is 7.24. The van der Waals surface area contributed by atoms with Crippen molar-refractivity contribution in [2.24, 2.45) is 5.92 Å². The summed E-state index contributed by atoms with van der Waals surface area (Å²) < 4.78 is 4.44. The van der Waals surface area contributed by atoms with Gasteiger partial charge in [0.1, 0.15) is 5.82 Å². The number of rotatable bonds is 2. The standard InChI is InChI=1S/C13H21N3S/c1-2-12-14-13(17-15-12)16-9-5-7-10-6-3-4-8-11(10)16/h10-11H,2-9H2,1H3. The van der Waals surface area contributed by atoms with E-state index in [-0.39, 0.29) is 0 Å². The van der Waals surface area contributed by atoms with Crippen molar-refractivity contribution < 1.29 is 0 Å². The number of aryl methyl sites for hydroxylation is 1. The normalized spacial score (nSPS) is 29.1. The second kappa shape index (κ2) is 4.92. The van der Waals surface area contributed by atoms with E-state index in [9.17, 15) is 0 Å². The summed E-state index contributed by atoms with van der Waals surface area (Å²) in [7, 11) is 0. The van der Waals surface area contributed by atoms with Crippen molar-refractivity contribution in [2.75, 3.05) is 11.4 Å². The first kappa shape index (κ1) is 11.5. The molecule has 2 atom stereocenters. The van der Waals surface area contributed by atoms with E-state index in [4.69, 9.17) is 0 Å². The molecule has 0 radical (unpaired) electrons. The number of fused-ring (bicyclic) bond motifs is 1. The Balaban J connectivity index is 1.80. The lowest BCUT2D eigenvalue weighted by Gasteiger charge is -2.43. The predicted molar refractivity (Wildman–Crippen MR) is 71.6 cm³/mol. The van der Waals surface area contributed by atoms with Gasteiger partial charge in [-0.25, -0.2) is 4.98 Å². The molecule has 2 heterocycles. The zero-order valence-electron chi connectivity index (χ0n) is 10.6. The van der Waals surface area contributed by atoms with Gasteiger partial charge in [-0.15, -0.1) is 0 Å². The van der Waals surface area contributed by atoms with Crippen LogP contribution in [0.2, 0.25) is 0 Å².